The summed E-state index contributed by atoms with van der Waals surface area (Å²) in [6, 6.07) is 0. The Labute approximate surface area is 173 Å². The fourth-order valence-electron chi connectivity index (χ4n) is 1.86. The minimum Gasteiger partial charge on any atom is -0.268 e. The molecule has 0 N–H and O–H groups in total. The molecule has 0 aliphatic heterocycles. The van der Waals surface area contributed by atoms with Gasteiger partial charge in [0, 0.05) is 0 Å². The second-order valence-electron chi connectivity index (χ2n) is 5.71. The second kappa shape index (κ2) is 11.9. The van der Waals surface area contributed by atoms with E-state index in [1.54, 1.807) is 0 Å². The van der Waals surface area contributed by atoms with Gasteiger partial charge in [0.05, 0.1) is 24.7 Å². The molecule has 0 aliphatic rings. The molecule has 0 fully saturated rings. The molecule has 0 aromatic heterocycles. The summed E-state index contributed by atoms with van der Waals surface area (Å²) >= 11 is 0. The molecule has 0 rings (SSSR count). The molecule has 12 nitrogen and oxygen atoms in total. The van der Waals surface area contributed by atoms with E-state index in [2.05, 4.69) is 16.7 Å². The first-order chi connectivity index (χ1) is 13.1. The normalized spacial score (nSPS) is 15.9. The summed E-state index contributed by atoms with van der Waals surface area (Å²) in [5.74, 6) is -1.07. The molecule has 0 aromatic carbocycles. The van der Waals surface area contributed by atoms with E-state index in [1.807, 2.05) is 0 Å². The Bertz CT molecular complexity index is 827. The van der Waals surface area contributed by atoms with Crippen molar-refractivity contribution in [1.29, 1.82) is 0 Å². The van der Waals surface area contributed by atoms with E-state index in [1.165, 1.54) is 13.8 Å². The van der Waals surface area contributed by atoms with Crippen LogP contribution in [0.25, 0.3) is 0 Å². The molecule has 29 heavy (non-hydrogen) atoms. The van der Waals surface area contributed by atoms with Crippen LogP contribution < -0.4 is 0 Å². The number of hydrogen-bond acceptors (Lipinski definition) is 12. The molecule has 2 atom stereocenters. The molecule has 0 bridgehead atoms. The van der Waals surface area contributed by atoms with Crippen molar-refractivity contribution in [3.8, 4) is 0 Å². The van der Waals surface area contributed by atoms with E-state index in [0.717, 1.165) is 13.8 Å². The van der Waals surface area contributed by atoms with Crippen molar-refractivity contribution >= 4 is 40.5 Å². The standard InChI is InChI=1S/C13H28O12S4/c1-5-22-28(18,19)12(3)24-26(14,15)10-8-7-9-11-27(16,17)25-13(4)29(20,21)23-6-2/h12-13H,5-11H2,1-4H3. The lowest BCUT2D eigenvalue weighted by molar-refractivity contribution is 0.251. The van der Waals surface area contributed by atoms with Crippen LogP contribution in [0, 0.1) is 0 Å². The number of unbranched alkanes of at least 4 members (excludes halogenated alkanes) is 2. The summed E-state index contributed by atoms with van der Waals surface area (Å²) in [7, 11) is -16.7. The van der Waals surface area contributed by atoms with Crippen LogP contribution in [0.15, 0.2) is 0 Å². The van der Waals surface area contributed by atoms with Crippen LogP contribution in [0.4, 0.5) is 0 Å². The lowest BCUT2D eigenvalue weighted by Crippen LogP contribution is -2.28. The highest BCUT2D eigenvalue weighted by molar-refractivity contribution is 7.90. The highest BCUT2D eigenvalue weighted by Crippen LogP contribution is 2.14. The van der Waals surface area contributed by atoms with Gasteiger partial charge in [-0.15, -0.1) is 0 Å². The molecule has 16 heteroatoms. The molecule has 176 valence electrons. The van der Waals surface area contributed by atoms with Gasteiger partial charge >= 0.3 is 0 Å². The van der Waals surface area contributed by atoms with Crippen LogP contribution in [0.2, 0.25) is 0 Å². The molecular formula is C13H28O12S4. The minimum atomic E-state index is -4.18. The first kappa shape index (κ1) is 28.6. The van der Waals surface area contributed by atoms with Crippen molar-refractivity contribution in [3.05, 3.63) is 0 Å². The van der Waals surface area contributed by atoms with Crippen molar-refractivity contribution in [1.82, 2.24) is 0 Å². The Morgan fingerprint density at radius 3 is 1.17 bits per heavy atom. The fraction of sp³-hybridized carbons (Fsp3) is 1.00. The van der Waals surface area contributed by atoms with Crippen molar-refractivity contribution in [3.63, 3.8) is 0 Å². The van der Waals surface area contributed by atoms with E-state index in [9.17, 15) is 33.7 Å². The van der Waals surface area contributed by atoms with E-state index >= 15 is 0 Å². The van der Waals surface area contributed by atoms with Gasteiger partial charge in [-0.25, -0.2) is 8.37 Å². The van der Waals surface area contributed by atoms with Crippen LogP contribution in [0.1, 0.15) is 47.0 Å². The van der Waals surface area contributed by atoms with Crippen LogP contribution in [0.3, 0.4) is 0 Å². The summed E-state index contributed by atoms with van der Waals surface area (Å²) in [5.41, 5.74) is -3.43. The molecule has 2 unspecified atom stereocenters. The predicted molar refractivity (Wildman–Crippen MR) is 104 cm³/mol. The van der Waals surface area contributed by atoms with Crippen molar-refractivity contribution in [2.24, 2.45) is 0 Å². The quantitative estimate of drug-likeness (QED) is 0.208. The highest BCUT2D eigenvalue weighted by atomic mass is 32.2. The molecule has 0 amide bonds. The van der Waals surface area contributed by atoms with Gasteiger partial charge in [0.1, 0.15) is 0 Å². The Morgan fingerprint density at radius 2 is 0.897 bits per heavy atom. The van der Waals surface area contributed by atoms with Crippen molar-refractivity contribution in [2.45, 2.75) is 57.8 Å². The maximum absolute atomic E-state index is 11.8. The van der Waals surface area contributed by atoms with Crippen molar-refractivity contribution in [2.75, 3.05) is 24.7 Å². The zero-order chi connectivity index (χ0) is 22.9. The maximum Gasteiger partial charge on any atom is 0.295 e. The molecule has 0 aromatic rings. The van der Waals surface area contributed by atoms with Gasteiger partial charge in [-0.05, 0) is 40.5 Å². The van der Waals surface area contributed by atoms with Crippen LogP contribution >= 0.6 is 0 Å². The largest absolute Gasteiger partial charge is 0.295 e. The third-order valence-electron chi connectivity index (χ3n) is 3.23. The lowest BCUT2D eigenvalue weighted by atomic mass is 10.3. The Morgan fingerprint density at radius 1 is 0.586 bits per heavy atom. The minimum absolute atomic E-state index is 0.00788. The summed E-state index contributed by atoms with van der Waals surface area (Å²) in [4.78, 5) is 0. The zero-order valence-corrected chi connectivity index (χ0v) is 19.9. The second-order valence-corrected chi connectivity index (χ2v) is 12.9. The van der Waals surface area contributed by atoms with Crippen LogP contribution in [-0.2, 0) is 57.2 Å². The molecule has 0 aliphatic carbocycles. The Hall–Kier alpha value is -0.360. The van der Waals surface area contributed by atoms with Crippen molar-refractivity contribution < 1.29 is 50.4 Å². The summed E-state index contributed by atoms with van der Waals surface area (Å²) in [6.07, 6.45) is 0.114. The molecule has 0 saturated heterocycles. The Kier molecular flexibility index (Phi) is 11.7. The van der Waals surface area contributed by atoms with Gasteiger partial charge < -0.3 is 0 Å². The maximum atomic E-state index is 11.8. The van der Waals surface area contributed by atoms with E-state index < -0.39 is 62.9 Å². The topological polar surface area (TPSA) is 173 Å². The molecular weight excluding hydrogens is 476 g/mol. The SMILES string of the molecule is CCOS(=O)(=O)C(C)OS(=O)(=O)CCCCCS(=O)(=O)OC(C)S(=O)(=O)OCC. The van der Waals surface area contributed by atoms with Gasteiger partial charge in [-0.2, -0.15) is 33.7 Å². The molecule has 0 spiro atoms. The average Bonchev–Trinajstić information content (AvgIpc) is 2.53. The number of hydrogen-bond donors (Lipinski definition) is 0. The molecule has 0 radical (unpaired) electrons. The van der Waals surface area contributed by atoms with Crippen LogP contribution in [0.5, 0.6) is 0 Å². The molecule has 0 heterocycles. The van der Waals surface area contributed by atoms with Gasteiger partial charge in [-0.3, -0.25) is 8.37 Å². The zero-order valence-electron chi connectivity index (χ0n) is 16.6. The molecule has 0 saturated carbocycles. The lowest BCUT2D eigenvalue weighted by Gasteiger charge is -2.14. The average molecular weight is 505 g/mol. The third kappa shape index (κ3) is 11.6. The van der Waals surface area contributed by atoms with Gasteiger partial charge in [-0.1, -0.05) is 6.42 Å². The first-order valence-corrected chi connectivity index (χ1v) is 14.8. The van der Waals surface area contributed by atoms with Gasteiger partial charge in [0.25, 0.3) is 40.5 Å². The fourth-order valence-corrected chi connectivity index (χ4v) is 6.52. The summed E-state index contributed by atoms with van der Waals surface area (Å²) in [5, 5.41) is 0. The van der Waals surface area contributed by atoms with Crippen LogP contribution in [-0.4, -0.2) is 69.3 Å². The highest BCUT2D eigenvalue weighted by Gasteiger charge is 2.29. The monoisotopic (exact) mass is 504 g/mol. The Balaban J connectivity index is 4.47. The van der Waals surface area contributed by atoms with E-state index in [4.69, 9.17) is 0 Å². The summed E-state index contributed by atoms with van der Waals surface area (Å²) in [6.45, 7) is 4.54. The smallest absolute Gasteiger partial charge is 0.268 e. The third-order valence-corrected chi connectivity index (χ3v) is 9.16. The van der Waals surface area contributed by atoms with Gasteiger partial charge in [0.2, 0.25) is 0 Å². The summed E-state index contributed by atoms with van der Waals surface area (Å²) < 4.78 is 111. The predicted octanol–water partition coefficient (Wildman–Crippen LogP) is 0.274. The number of rotatable bonds is 16. The van der Waals surface area contributed by atoms with E-state index in [0.29, 0.717) is 0 Å². The first-order valence-electron chi connectivity index (χ1n) is 8.67. The van der Waals surface area contributed by atoms with E-state index in [-0.39, 0.29) is 32.5 Å². The van der Waals surface area contributed by atoms with Gasteiger partial charge in [0.15, 0.2) is 10.9 Å².